The van der Waals surface area contributed by atoms with Crippen molar-refractivity contribution in [3.8, 4) is 5.75 Å². The molecule has 0 aliphatic heterocycles. The molecule has 0 fully saturated rings. The minimum atomic E-state index is 0.711. The van der Waals surface area contributed by atoms with Gasteiger partial charge in [-0.25, -0.2) is 0 Å². The van der Waals surface area contributed by atoms with E-state index in [0.29, 0.717) is 6.61 Å². The van der Waals surface area contributed by atoms with Gasteiger partial charge >= 0.3 is 0 Å². The summed E-state index contributed by atoms with van der Waals surface area (Å²) < 4.78 is 5.65. The normalized spacial score (nSPS) is 11.6. The minimum absolute atomic E-state index is 0.711. The zero-order valence-electron chi connectivity index (χ0n) is 11.8. The van der Waals surface area contributed by atoms with E-state index in [1.807, 2.05) is 19.1 Å². The van der Waals surface area contributed by atoms with Gasteiger partial charge in [0.2, 0.25) is 0 Å². The Hall–Kier alpha value is -1.28. The lowest BCUT2D eigenvalue weighted by atomic mass is 10.1. The topological polar surface area (TPSA) is 21.3 Å². The van der Waals surface area contributed by atoms with Gasteiger partial charge in [-0.05, 0) is 51.4 Å². The smallest absolute Gasteiger partial charge is 0.126 e. The van der Waals surface area contributed by atoms with Crippen molar-refractivity contribution in [1.82, 2.24) is 5.32 Å². The van der Waals surface area contributed by atoms with Crippen molar-refractivity contribution in [3.05, 3.63) is 35.9 Å². The summed E-state index contributed by atoms with van der Waals surface area (Å²) >= 11 is 0. The molecular weight excluding hydrogens is 222 g/mol. The van der Waals surface area contributed by atoms with E-state index in [9.17, 15) is 0 Å². The monoisotopic (exact) mass is 247 g/mol. The van der Waals surface area contributed by atoms with Crippen LogP contribution in [-0.2, 0) is 0 Å². The number of nitrogens with one attached hydrogen (secondary N) is 1. The number of hydrogen-bond donors (Lipinski definition) is 1. The fourth-order valence-corrected chi connectivity index (χ4v) is 1.88. The van der Waals surface area contributed by atoms with E-state index in [1.165, 1.54) is 17.6 Å². The average molecular weight is 247 g/mol. The lowest BCUT2D eigenvalue weighted by molar-refractivity contribution is 0.339. The van der Waals surface area contributed by atoms with Gasteiger partial charge in [-0.3, -0.25) is 0 Å². The van der Waals surface area contributed by atoms with Crippen molar-refractivity contribution in [1.29, 1.82) is 0 Å². The molecule has 1 N–H and O–H groups in total. The molecule has 0 heterocycles. The van der Waals surface area contributed by atoms with Crippen molar-refractivity contribution in [2.24, 2.45) is 0 Å². The summed E-state index contributed by atoms with van der Waals surface area (Å²) in [5, 5.41) is 3.41. The van der Waals surface area contributed by atoms with Gasteiger partial charge in [-0.2, -0.15) is 0 Å². The summed E-state index contributed by atoms with van der Waals surface area (Å²) in [4.78, 5) is 0. The Kier molecular flexibility index (Phi) is 7.19. The molecule has 0 saturated heterocycles. The molecule has 0 aliphatic carbocycles. The summed E-state index contributed by atoms with van der Waals surface area (Å²) in [6.45, 7) is 9.21. The highest BCUT2D eigenvalue weighted by Gasteiger charge is 2.03. The maximum Gasteiger partial charge on any atom is 0.126 e. The first kappa shape index (κ1) is 14.8. The molecule has 0 radical (unpaired) electrons. The zero-order valence-corrected chi connectivity index (χ0v) is 11.8. The predicted molar refractivity (Wildman–Crippen MR) is 79.0 cm³/mol. The van der Waals surface area contributed by atoms with Crippen LogP contribution in [0.1, 0.15) is 39.2 Å². The van der Waals surface area contributed by atoms with E-state index in [2.05, 4.69) is 37.4 Å². The van der Waals surface area contributed by atoms with Gasteiger partial charge < -0.3 is 10.1 Å². The molecule has 1 rings (SSSR count). The third-order valence-corrected chi connectivity index (χ3v) is 2.81. The maximum atomic E-state index is 5.65. The molecule has 0 saturated carbocycles. The van der Waals surface area contributed by atoms with E-state index in [4.69, 9.17) is 4.74 Å². The van der Waals surface area contributed by atoms with Gasteiger partial charge in [0, 0.05) is 5.56 Å². The second-order valence-electron chi connectivity index (χ2n) is 4.35. The van der Waals surface area contributed by atoms with Gasteiger partial charge in [-0.1, -0.05) is 31.2 Å². The molecule has 18 heavy (non-hydrogen) atoms. The molecule has 0 unspecified atom stereocenters. The second kappa shape index (κ2) is 8.76. The number of hydrogen-bond acceptors (Lipinski definition) is 2. The minimum Gasteiger partial charge on any atom is -0.493 e. The number of para-hydroxylation sites is 1. The summed E-state index contributed by atoms with van der Waals surface area (Å²) in [5.74, 6) is 0.982. The van der Waals surface area contributed by atoms with Crippen LogP contribution in [0.25, 0.3) is 5.57 Å². The first-order valence-electron chi connectivity index (χ1n) is 6.89. The standard InChI is InChI=1S/C16H25NO/c1-4-12-17-13-8-9-14(3)15-10-6-7-11-16(15)18-5-2/h6-7,9-11,17H,4-5,8,12-13H2,1-3H3. The fraction of sp³-hybridized carbons (Fsp3) is 0.500. The van der Waals surface area contributed by atoms with Crippen molar-refractivity contribution < 1.29 is 4.74 Å². The highest BCUT2D eigenvalue weighted by Crippen LogP contribution is 2.25. The van der Waals surface area contributed by atoms with Crippen LogP contribution in [0.4, 0.5) is 0 Å². The zero-order chi connectivity index (χ0) is 13.2. The largest absolute Gasteiger partial charge is 0.493 e. The van der Waals surface area contributed by atoms with Crippen LogP contribution in [0.5, 0.6) is 5.75 Å². The lowest BCUT2D eigenvalue weighted by Crippen LogP contribution is -2.15. The summed E-state index contributed by atoms with van der Waals surface area (Å²) in [7, 11) is 0. The molecule has 0 amide bonds. The SMILES string of the molecule is CCCNCCC=C(C)c1ccccc1OCC. The predicted octanol–water partition coefficient (Wildman–Crippen LogP) is 3.88. The van der Waals surface area contributed by atoms with Crippen LogP contribution in [0, 0.1) is 0 Å². The van der Waals surface area contributed by atoms with E-state index in [0.717, 1.165) is 25.3 Å². The maximum absolute atomic E-state index is 5.65. The highest BCUT2D eigenvalue weighted by atomic mass is 16.5. The van der Waals surface area contributed by atoms with E-state index < -0.39 is 0 Å². The number of rotatable bonds is 8. The fourth-order valence-electron chi connectivity index (χ4n) is 1.88. The quantitative estimate of drug-likeness (QED) is 0.704. The van der Waals surface area contributed by atoms with Crippen molar-refractivity contribution in [2.45, 2.75) is 33.6 Å². The van der Waals surface area contributed by atoms with E-state index >= 15 is 0 Å². The van der Waals surface area contributed by atoms with Gasteiger partial charge in [0.05, 0.1) is 6.61 Å². The molecule has 0 spiro atoms. The first-order chi connectivity index (χ1) is 8.79. The van der Waals surface area contributed by atoms with Crippen LogP contribution in [0.3, 0.4) is 0 Å². The molecule has 0 atom stereocenters. The molecule has 0 bridgehead atoms. The van der Waals surface area contributed by atoms with E-state index in [-0.39, 0.29) is 0 Å². The summed E-state index contributed by atoms with van der Waals surface area (Å²) in [5.41, 5.74) is 2.49. The van der Waals surface area contributed by atoms with Crippen LogP contribution < -0.4 is 10.1 Å². The number of benzene rings is 1. The Morgan fingerprint density at radius 2 is 2.00 bits per heavy atom. The molecule has 0 aliphatic rings. The summed E-state index contributed by atoms with van der Waals surface area (Å²) in [6.07, 6.45) is 4.53. The van der Waals surface area contributed by atoms with Crippen LogP contribution in [0.15, 0.2) is 30.3 Å². The Labute approximate surface area is 111 Å². The molecular formula is C16H25NO. The third-order valence-electron chi connectivity index (χ3n) is 2.81. The van der Waals surface area contributed by atoms with E-state index in [1.54, 1.807) is 0 Å². The first-order valence-corrected chi connectivity index (χ1v) is 6.89. The van der Waals surface area contributed by atoms with Crippen LogP contribution in [0.2, 0.25) is 0 Å². The van der Waals surface area contributed by atoms with Crippen molar-refractivity contribution in [2.75, 3.05) is 19.7 Å². The Balaban J connectivity index is 2.59. The Bertz CT molecular complexity index is 371. The van der Waals surface area contributed by atoms with Gasteiger partial charge in [0.15, 0.2) is 0 Å². The highest BCUT2D eigenvalue weighted by molar-refractivity contribution is 5.68. The molecule has 2 heteroatoms. The molecule has 1 aromatic carbocycles. The Morgan fingerprint density at radius 1 is 1.22 bits per heavy atom. The molecule has 1 aromatic rings. The van der Waals surface area contributed by atoms with Gasteiger partial charge in [-0.15, -0.1) is 0 Å². The van der Waals surface area contributed by atoms with Gasteiger partial charge in [0.1, 0.15) is 5.75 Å². The number of allylic oxidation sites excluding steroid dienone is 1. The third kappa shape index (κ3) is 4.92. The van der Waals surface area contributed by atoms with Crippen molar-refractivity contribution in [3.63, 3.8) is 0 Å². The van der Waals surface area contributed by atoms with Gasteiger partial charge in [0.25, 0.3) is 0 Å². The molecule has 2 nitrogen and oxygen atoms in total. The van der Waals surface area contributed by atoms with Crippen LogP contribution >= 0.6 is 0 Å². The number of ether oxygens (including phenoxy) is 1. The lowest BCUT2D eigenvalue weighted by Gasteiger charge is -2.10. The second-order valence-corrected chi connectivity index (χ2v) is 4.35. The average Bonchev–Trinajstić information content (AvgIpc) is 2.39. The molecule has 100 valence electrons. The van der Waals surface area contributed by atoms with Crippen LogP contribution in [-0.4, -0.2) is 19.7 Å². The molecule has 0 aromatic heterocycles. The Morgan fingerprint density at radius 3 is 2.72 bits per heavy atom. The van der Waals surface area contributed by atoms with Crippen molar-refractivity contribution >= 4 is 5.57 Å². The summed E-state index contributed by atoms with van der Waals surface area (Å²) in [6, 6.07) is 8.23.